The van der Waals surface area contributed by atoms with E-state index in [-0.39, 0.29) is 11.1 Å². The van der Waals surface area contributed by atoms with E-state index in [9.17, 15) is 15.3 Å². The van der Waals surface area contributed by atoms with E-state index >= 15 is 0 Å². The van der Waals surface area contributed by atoms with E-state index in [0.717, 1.165) is 29.1 Å². The Kier molecular flexibility index (Phi) is 4.88. The summed E-state index contributed by atoms with van der Waals surface area (Å²) in [6.45, 7) is 3.85. The predicted octanol–water partition coefficient (Wildman–Crippen LogP) is 2.39. The van der Waals surface area contributed by atoms with Gasteiger partial charge in [0.25, 0.3) is 5.56 Å². The molecule has 0 spiro atoms. The van der Waals surface area contributed by atoms with Gasteiger partial charge in [-0.25, -0.2) is 0 Å². The zero-order valence-electron chi connectivity index (χ0n) is 14.3. The fourth-order valence-corrected chi connectivity index (χ4v) is 3.62. The van der Waals surface area contributed by atoms with Gasteiger partial charge in [0, 0.05) is 6.08 Å². The SMILES string of the molecule is CCc1cccc(-n2c(=C(C#N)C#N)s/c(=C/c3ccc(C)o3)c2=O)c1. The quantitative estimate of drug-likeness (QED) is 0.717. The summed E-state index contributed by atoms with van der Waals surface area (Å²) in [6, 6.07) is 14.9. The molecule has 0 bridgehead atoms. The fraction of sp³-hybridized carbons (Fsp3) is 0.150. The molecule has 0 aliphatic heterocycles. The summed E-state index contributed by atoms with van der Waals surface area (Å²) in [7, 11) is 0. The first-order chi connectivity index (χ1) is 12.6. The summed E-state index contributed by atoms with van der Waals surface area (Å²) < 4.78 is 7.66. The highest BCUT2D eigenvalue weighted by atomic mass is 32.1. The summed E-state index contributed by atoms with van der Waals surface area (Å²) in [4.78, 5) is 13.0. The molecule has 0 N–H and O–H groups in total. The Labute approximate surface area is 154 Å². The fourth-order valence-electron chi connectivity index (χ4n) is 2.58. The maximum atomic E-state index is 13.0. The molecule has 0 aliphatic rings. The normalized spacial score (nSPS) is 11.2. The Hall–Kier alpha value is -3.35. The second kappa shape index (κ2) is 7.26. The lowest BCUT2D eigenvalue weighted by Crippen LogP contribution is -2.30. The third kappa shape index (κ3) is 3.23. The average Bonchev–Trinajstić information content (AvgIpc) is 3.20. The van der Waals surface area contributed by atoms with Gasteiger partial charge in [-0.15, -0.1) is 11.3 Å². The Balaban J connectivity index is 2.39. The smallest absolute Gasteiger partial charge is 0.273 e. The Morgan fingerprint density at radius 2 is 2.04 bits per heavy atom. The first-order valence-corrected chi connectivity index (χ1v) is 8.83. The van der Waals surface area contributed by atoms with Gasteiger partial charge in [0.05, 0.1) is 10.2 Å². The zero-order valence-corrected chi connectivity index (χ0v) is 15.1. The lowest BCUT2D eigenvalue weighted by atomic mass is 10.1. The standard InChI is InChI=1S/C20H15N3O2S/c1-3-14-5-4-6-16(9-14)23-19(24)18(10-17-8-7-13(2)25-17)26-20(23)15(11-21)12-22/h4-10H,3H2,1-2H3/b18-10+. The molecule has 0 saturated heterocycles. The number of benzene rings is 1. The van der Waals surface area contributed by atoms with Crippen molar-refractivity contribution in [2.75, 3.05) is 0 Å². The van der Waals surface area contributed by atoms with Crippen LogP contribution in [-0.4, -0.2) is 4.57 Å². The molecule has 0 saturated carbocycles. The molecule has 3 rings (SSSR count). The monoisotopic (exact) mass is 361 g/mol. The van der Waals surface area contributed by atoms with E-state index in [1.54, 1.807) is 18.2 Å². The highest BCUT2D eigenvalue weighted by molar-refractivity contribution is 7.07. The second-order valence-corrected chi connectivity index (χ2v) is 6.66. The van der Waals surface area contributed by atoms with Gasteiger partial charge in [-0.3, -0.25) is 9.36 Å². The van der Waals surface area contributed by atoms with Crippen LogP contribution in [0.3, 0.4) is 0 Å². The van der Waals surface area contributed by atoms with Gasteiger partial charge < -0.3 is 4.42 Å². The number of thiazole rings is 1. The Bertz CT molecular complexity index is 1210. The average molecular weight is 361 g/mol. The predicted molar refractivity (Wildman–Crippen MR) is 100 cm³/mol. The molecule has 2 aromatic heterocycles. The van der Waals surface area contributed by atoms with Crippen LogP contribution >= 0.6 is 11.3 Å². The summed E-state index contributed by atoms with van der Waals surface area (Å²) in [5.41, 5.74) is 1.33. The van der Waals surface area contributed by atoms with Crippen molar-refractivity contribution in [3.05, 3.63) is 73.0 Å². The van der Waals surface area contributed by atoms with Gasteiger partial charge in [-0.1, -0.05) is 19.1 Å². The molecular formula is C20H15N3O2S. The van der Waals surface area contributed by atoms with Gasteiger partial charge >= 0.3 is 0 Å². The van der Waals surface area contributed by atoms with Crippen molar-refractivity contribution in [1.82, 2.24) is 4.57 Å². The third-order valence-corrected chi connectivity index (χ3v) is 4.97. The molecule has 26 heavy (non-hydrogen) atoms. The topological polar surface area (TPSA) is 82.7 Å². The van der Waals surface area contributed by atoms with Crippen LogP contribution in [0, 0.1) is 29.6 Å². The van der Waals surface area contributed by atoms with Crippen molar-refractivity contribution in [2.24, 2.45) is 0 Å². The van der Waals surface area contributed by atoms with Gasteiger partial charge in [-0.2, -0.15) is 10.5 Å². The van der Waals surface area contributed by atoms with E-state index in [2.05, 4.69) is 0 Å². The number of nitriles is 2. The zero-order chi connectivity index (χ0) is 18.7. The third-order valence-electron chi connectivity index (χ3n) is 3.87. The maximum Gasteiger partial charge on any atom is 0.273 e. The highest BCUT2D eigenvalue weighted by Crippen LogP contribution is 2.09. The van der Waals surface area contributed by atoms with Crippen molar-refractivity contribution < 1.29 is 4.42 Å². The minimum Gasteiger partial charge on any atom is -0.462 e. The molecule has 6 heteroatoms. The molecule has 2 heterocycles. The molecule has 0 fully saturated rings. The van der Waals surface area contributed by atoms with Gasteiger partial charge in [-0.05, 0) is 43.2 Å². The van der Waals surface area contributed by atoms with Crippen molar-refractivity contribution in [3.63, 3.8) is 0 Å². The summed E-state index contributed by atoms with van der Waals surface area (Å²) in [6.07, 6.45) is 2.45. The largest absolute Gasteiger partial charge is 0.462 e. The van der Waals surface area contributed by atoms with Gasteiger partial charge in [0.15, 0.2) is 5.57 Å². The van der Waals surface area contributed by atoms with Crippen LogP contribution in [0.5, 0.6) is 0 Å². The number of nitrogens with zero attached hydrogens (tertiary/aromatic N) is 3. The lowest BCUT2D eigenvalue weighted by molar-refractivity contribution is 0.525. The molecule has 0 amide bonds. The minimum absolute atomic E-state index is 0.0933. The van der Waals surface area contributed by atoms with Crippen LogP contribution < -0.4 is 14.8 Å². The second-order valence-electron chi connectivity index (χ2n) is 5.63. The molecule has 0 unspecified atom stereocenters. The van der Waals surface area contributed by atoms with Crippen molar-refractivity contribution >= 4 is 23.0 Å². The van der Waals surface area contributed by atoms with Crippen LogP contribution in [0.25, 0.3) is 17.3 Å². The van der Waals surface area contributed by atoms with E-state index < -0.39 is 0 Å². The van der Waals surface area contributed by atoms with Crippen molar-refractivity contribution in [2.45, 2.75) is 20.3 Å². The van der Waals surface area contributed by atoms with E-state index in [0.29, 0.717) is 20.6 Å². The van der Waals surface area contributed by atoms with Gasteiger partial charge in [0.2, 0.25) is 0 Å². The Morgan fingerprint density at radius 3 is 2.65 bits per heavy atom. The maximum absolute atomic E-state index is 13.0. The lowest BCUT2D eigenvalue weighted by Gasteiger charge is -2.04. The van der Waals surface area contributed by atoms with Gasteiger partial charge in [0.1, 0.15) is 28.3 Å². The van der Waals surface area contributed by atoms with Crippen LogP contribution in [0.4, 0.5) is 0 Å². The van der Waals surface area contributed by atoms with E-state index in [1.807, 2.05) is 50.3 Å². The molecule has 0 atom stereocenters. The summed E-state index contributed by atoms with van der Waals surface area (Å²) >= 11 is 1.11. The van der Waals surface area contributed by atoms with Crippen LogP contribution in [0.1, 0.15) is 24.0 Å². The first kappa shape index (κ1) is 17.5. The molecule has 3 aromatic rings. The van der Waals surface area contributed by atoms with Crippen LogP contribution in [0.2, 0.25) is 0 Å². The number of aromatic nitrogens is 1. The number of rotatable bonds is 3. The molecule has 0 aliphatic carbocycles. The number of hydrogen-bond donors (Lipinski definition) is 0. The number of furan rings is 1. The summed E-state index contributed by atoms with van der Waals surface area (Å²) in [5.74, 6) is 1.29. The van der Waals surface area contributed by atoms with Crippen LogP contribution in [-0.2, 0) is 6.42 Å². The summed E-state index contributed by atoms with van der Waals surface area (Å²) in [5, 5.41) is 18.6. The van der Waals surface area contributed by atoms with E-state index in [1.165, 1.54) is 4.57 Å². The van der Waals surface area contributed by atoms with Crippen molar-refractivity contribution in [1.29, 1.82) is 10.5 Å². The molecule has 0 radical (unpaired) electrons. The molecule has 1 aromatic carbocycles. The minimum atomic E-state index is -0.282. The highest BCUT2D eigenvalue weighted by Gasteiger charge is 2.12. The van der Waals surface area contributed by atoms with E-state index in [4.69, 9.17) is 4.42 Å². The number of aryl methyl sites for hydroxylation is 2. The Morgan fingerprint density at radius 1 is 1.27 bits per heavy atom. The van der Waals surface area contributed by atoms with Crippen LogP contribution in [0.15, 0.2) is 45.6 Å². The molecular weight excluding hydrogens is 346 g/mol. The van der Waals surface area contributed by atoms with Crippen molar-refractivity contribution in [3.8, 4) is 17.8 Å². The molecule has 5 nitrogen and oxygen atoms in total. The molecule has 128 valence electrons. The first-order valence-electron chi connectivity index (χ1n) is 8.01. The number of hydrogen-bond acceptors (Lipinski definition) is 5.